The Labute approximate surface area is 139 Å². The number of hydrogen-bond acceptors (Lipinski definition) is 4. The zero-order chi connectivity index (χ0) is 16.6. The number of methoxy groups -OCH3 is 1. The van der Waals surface area contributed by atoms with Crippen molar-refractivity contribution in [2.45, 2.75) is 5.37 Å². The summed E-state index contributed by atoms with van der Waals surface area (Å²) in [5.41, 5.74) is 1.02. The van der Waals surface area contributed by atoms with Gasteiger partial charge < -0.3 is 4.74 Å². The SMILES string of the molecule is COc1ccc(C2N(c3ccc(Cl)cc3)C(=O)CS2(=O)=O)cc1. The van der Waals surface area contributed by atoms with E-state index in [0.717, 1.165) is 0 Å². The molecule has 1 amide bonds. The minimum absolute atomic E-state index is 0.451. The monoisotopic (exact) mass is 351 g/mol. The summed E-state index contributed by atoms with van der Waals surface area (Å²) >= 11 is 5.86. The molecule has 3 rings (SSSR count). The number of halogens is 1. The molecule has 0 bridgehead atoms. The normalized spacial score (nSPS) is 19.8. The lowest BCUT2D eigenvalue weighted by Gasteiger charge is -2.24. The van der Waals surface area contributed by atoms with Crippen LogP contribution in [0.1, 0.15) is 10.9 Å². The Hall–Kier alpha value is -2.05. The van der Waals surface area contributed by atoms with Gasteiger partial charge >= 0.3 is 0 Å². The molecule has 2 aromatic carbocycles. The summed E-state index contributed by atoms with van der Waals surface area (Å²) in [4.78, 5) is 13.6. The zero-order valence-electron chi connectivity index (χ0n) is 12.3. The second-order valence-electron chi connectivity index (χ2n) is 5.17. The predicted molar refractivity (Wildman–Crippen MR) is 88.5 cm³/mol. The Morgan fingerprint density at radius 1 is 1.09 bits per heavy atom. The number of amides is 1. The predicted octanol–water partition coefficient (Wildman–Crippen LogP) is 2.81. The van der Waals surface area contributed by atoms with Gasteiger partial charge in [0.1, 0.15) is 11.5 Å². The van der Waals surface area contributed by atoms with Crippen LogP contribution < -0.4 is 9.64 Å². The van der Waals surface area contributed by atoms with Crippen LogP contribution in [0, 0.1) is 0 Å². The van der Waals surface area contributed by atoms with Crippen molar-refractivity contribution in [2.75, 3.05) is 17.8 Å². The Bertz CT molecular complexity index is 831. The van der Waals surface area contributed by atoms with Gasteiger partial charge in [-0.05, 0) is 42.0 Å². The molecular weight excluding hydrogens is 338 g/mol. The minimum atomic E-state index is -3.61. The number of nitrogens with zero attached hydrogens (tertiary/aromatic N) is 1. The van der Waals surface area contributed by atoms with Gasteiger partial charge in [-0.3, -0.25) is 9.69 Å². The van der Waals surface area contributed by atoms with Crippen LogP contribution in [0.5, 0.6) is 5.75 Å². The molecule has 2 aromatic rings. The highest BCUT2D eigenvalue weighted by molar-refractivity contribution is 7.93. The van der Waals surface area contributed by atoms with Gasteiger partial charge in [0.25, 0.3) is 0 Å². The summed E-state index contributed by atoms with van der Waals surface area (Å²) in [5.74, 6) is -0.339. The Balaban J connectivity index is 2.08. The lowest BCUT2D eigenvalue weighted by Crippen LogP contribution is -2.29. The van der Waals surface area contributed by atoms with E-state index in [-0.39, 0.29) is 0 Å². The highest BCUT2D eigenvalue weighted by Gasteiger charge is 2.45. The first-order valence-electron chi connectivity index (χ1n) is 6.85. The largest absolute Gasteiger partial charge is 0.497 e. The number of carbonyl (C=O) groups excluding carboxylic acids is 1. The van der Waals surface area contributed by atoms with Crippen molar-refractivity contribution in [1.82, 2.24) is 0 Å². The molecule has 0 spiro atoms. The maximum atomic E-state index is 12.5. The lowest BCUT2D eigenvalue weighted by molar-refractivity contribution is -0.115. The van der Waals surface area contributed by atoms with Crippen molar-refractivity contribution >= 4 is 33.0 Å². The Morgan fingerprint density at radius 3 is 2.26 bits per heavy atom. The first-order valence-corrected chi connectivity index (χ1v) is 8.95. The summed E-state index contributed by atoms with van der Waals surface area (Å²) in [6, 6.07) is 13.2. The third-order valence-corrected chi connectivity index (χ3v) is 5.74. The van der Waals surface area contributed by atoms with Gasteiger partial charge in [-0.2, -0.15) is 0 Å². The number of hydrogen-bond donors (Lipinski definition) is 0. The van der Waals surface area contributed by atoms with Gasteiger partial charge in [-0.1, -0.05) is 23.7 Å². The second kappa shape index (κ2) is 5.86. The first-order chi connectivity index (χ1) is 10.9. The molecule has 0 aliphatic carbocycles. The summed E-state index contributed by atoms with van der Waals surface area (Å²) in [7, 11) is -2.08. The number of benzene rings is 2. The summed E-state index contributed by atoms with van der Waals surface area (Å²) in [6.45, 7) is 0. The average molecular weight is 352 g/mol. The molecule has 1 heterocycles. The molecule has 0 N–H and O–H groups in total. The zero-order valence-corrected chi connectivity index (χ0v) is 13.8. The van der Waals surface area contributed by atoms with E-state index in [0.29, 0.717) is 22.0 Å². The molecule has 7 heteroatoms. The van der Waals surface area contributed by atoms with E-state index in [4.69, 9.17) is 16.3 Å². The molecule has 120 valence electrons. The van der Waals surface area contributed by atoms with Crippen LogP contribution in [0.4, 0.5) is 5.69 Å². The highest BCUT2D eigenvalue weighted by Crippen LogP contribution is 2.38. The quantitative estimate of drug-likeness (QED) is 0.853. The fourth-order valence-electron chi connectivity index (χ4n) is 2.62. The molecule has 0 saturated carbocycles. The molecule has 1 saturated heterocycles. The fraction of sp³-hybridized carbons (Fsp3) is 0.188. The van der Waals surface area contributed by atoms with Gasteiger partial charge in [0.05, 0.1) is 7.11 Å². The Kier molecular flexibility index (Phi) is 4.04. The van der Waals surface area contributed by atoms with Crippen LogP contribution in [0.3, 0.4) is 0 Å². The van der Waals surface area contributed by atoms with E-state index in [1.54, 1.807) is 48.5 Å². The molecule has 1 aliphatic rings. The Morgan fingerprint density at radius 2 is 1.70 bits per heavy atom. The molecule has 0 aromatic heterocycles. The molecule has 0 radical (unpaired) electrons. The molecule has 23 heavy (non-hydrogen) atoms. The topological polar surface area (TPSA) is 63.7 Å². The van der Waals surface area contributed by atoms with Crippen LogP contribution in [0.15, 0.2) is 48.5 Å². The van der Waals surface area contributed by atoms with Crippen molar-refractivity contribution in [2.24, 2.45) is 0 Å². The molecular formula is C16H14ClNO4S. The summed E-state index contributed by atoms with van der Waals surface area (Å²) < 4.78 is 30.0. The minimum Gasteiger partial charge on any atom is -0.497 e. The number of anilines is 1. The van der Waals surface area contributed by atoms with Gasteiger partial charge in [-0.15, -0.1) is 0 Å². The molecule has 1 aliphatic heterocycles. The van der Waals surface area contributed by atoms with Crippen LogP contribution in [-0.2, 0) is 14.6 Å². The van der Waals surface area contributed by atoms with Gasteiger partial charge in [-0.25, -0.2) is 8.42 Å². The number of carbonyl (C=O) groups is 1. The molecule has 1 unspecified atom stereocenters. The number of sulfone groups is 1. The van der Waals surface area contributed by atoms with Crippen LogP contribution in [0.25, 0.3) is 0 Å². The fourth-order valence-corrected chi connectivity index (χ4v) is 4.52. The third-order valence-electron chi connectivity index (χ3n) is 3.67. The second-order valence-corrected chi connectivity index (χ2v) is 7.67. The third kappa shape index (κ3) is 2.92. The van der Waals surface area contributed by atoms with Crippen molar-refractivity contribution in [3.63, 3.8) is 0 Å². The van der Waals surface area contributed by atoms with Crippen LogP contribution >= 0.6 is 11.6 Å². The van der Waals surface area contributed by atoms with E-state index in [1.807, 2.05) is 0 Å². The number of rotatable bonds is 3. The van der Waals surface area contributed by atoms with Gasteiger partial charge in [0.2, 0.25) is 5.91 Å². The smallest absolute Gasteiger partial charge is 0.243 e. The molecule has 1 fully saturated rings. The van der Waals surface area contributed by atoms with E-state index < -0.39 is 26.9 Å². The average Bonchev–Trinajstić information content (AvgIpc) is 2.77. The van der Waals surface area contributed by atoms with Crippen molar-refractivity contribution in [3.05, 3.63) is 59.1 Å². The maximum absolute atomic E-state index is 12.5. The summed E-state index contributed by atoms with van der Waals surface area (Å²) in [6.07, 6.45) is 0. The van der Waals surface area contributed by atoms with E-state index in [2.05, 4.69) is 0 Å². The van der Waals surface area contributed by atoms with E-state index in [1.165, 1.54) is 12.0 Å². The van der Waals surface area contributed by atoms with E-state index >= 15 is 0 Å². The van der Waals surface area contributed by atoms with Crippen LogP contribution in [-0.4, -0.2) is 27.2 Å². The first kappa shape index (κ1) is 15.8. The summed E-state index contributed by atoms with van der Waals surface area (Å²) in [5, 5.41) is -0.522. The van der Waals surface area contributed by atoms with Crippen molar-refractivity contribution in [3.8, 4) is 5.75 Å². The maximum Gasteiger partial charge on any atom is 0.243 e. The lowest BCUT2D eigenvalue weighted by atomic mass is 10.2. The molecule has 5 nitrogen and oxygen atoms in total. The van der Waals surface area contributed by atoms with Gasteiger partial charge in [0.15, 0.2) is 15.2 Å². The highest BCUT2D eigenvalue weighted by atomic mass is 35.5. The van der Waals surface area contributed by atoms with E-state index in [9.17, 15) is 13.2 Å². The number of ether oxygens (including phenoxy) is 1. The van der Waals surface area contributed by atoms with Crippen LogP contribution in [0.2, 0.25) is 5.02 Å². The standard InChI is InChI=1S/C16H14ClNO4S/c1-22-14-8-2-11(3-9-14)16-18(15(19)10-23(16,20)21)13-6-4-12(17)5-7-13/h2-9,16H,10H2,1H3. The van der Waals surface area contributed by atoms with Crippen molar-refractivity contribution < 1.29 is 17.9 Å². The van der Waals surface area contributed by atoms with Gasteiger partial charge in [0, 0.05) is 10.7 Å². The van der Waals surface area contributed by atoms with Crippen molar-refractivity contribution in [1.29, 1.82) is 0 Å². The molecule has 1 atom stereocenters.